The molecule has 0 heterocycles. The third-order valence-electron chi connectivity index (χ3n) is 0.921. The van der Waals surface area contributed by atoms with E-state index in [4.69, 9.17) is 0 Å². The summed E-state index contributed by atoms with van der Waals surface area (Å²) in [5.74, 6) is 0. The minimum Gasteiger partial charge on any atom is -0.329 e. The molecule has 0 saturated carbocycles. The van der Waals surface area contributed by atoms with Gasteiger partial charge in [0.2, 0.25) is 8.03 Å². The molecule has 0 aliphatic carbocycles. The van der Waals surface area contributed by atoms with Crippen LogP contribution in [0.2, 0.25) is 0 Å². The van der Waals surface area contributed by atoms with E-state index in [1.807, 2.05) is 0 Å². The second-order valence-electron chi connectivity index (χ2n) is 1.97. The lowest BCUT2D eigenvalue weighted by molar-refractivity contribution is -0.0531. The van der Waals surface area contributed by atoms with Crippen molar-refractivity contribution in [2.24, 2.45) is 0 Å². The van der Waals surface area contributed by atoms with Gasteiger partial charge in [0.1, 0.15) is 6.35 Å². The highest BCUT2D eigenvalue weighted by molar-refractivity contribution is 7.87. The molecule has 5 nitrogen and oxygen atoms in total. The summed E-state index contributed by atoms with van der Waals surface area (Å²) in [6.45, 7) is 1.47. The Bertz CT molecular complexity index is 297. The van der Waals surface area contributed by atoms with Crippen LogP contribution < -0.4 is 0 Å². The number of hydrogen-bond acceptors (Lipinski definition) is 5. The maximum Gasteiger partial charge on any atom is 0.523 e. The first-order valence-electron chi connectivity index (χ1n) is 3.32. The molecule has 0 aromatic carbocycles. The number of hydrogen-bond donors (Lipinski definition) is 0. The zero-order valence-electron chi connectivity index (χ0n) is 7.00. The van der Waals surface area contributed by atoms with Gasteiger partial charge < -0.3 is 4.52 Å². The molecule has 86 valence electrons. The molecule has 0 bridgehead atoms. The van der Waals surface area contributed by atoms with Crippen molar-refractivity contribution in [2.75, 3.05) is 13.0 Å². The summed E-state index contributed by atoms with van der Waals surface area (Å²) in [6.07, 6.45) is -1.10. The first-order chi connectivity index (χ1) is 6.20. The van der Waals surface area contributed by atoms with Crippen LogP contribution >= 0.6 is 8.03 Å². The predicted molar refractivity (Wildman–Crippen MR) is 41.6 cm³/mol. The van der Waals surface area contributed by atoms with Crippen LogP contribution in [0.1, 0.15) is 6.92 Å². The van der Waals surface area contributed by atoms with Crippen molar-refractivity contribution in [1.82, 2.24) is 0 Å². The molecule has 1 unspecified atom stereocenters. The molecule has 0 radical (unpaired) electrons. The van der Waals surface area contributed by atoms with Crippen molar-refractivity contribution in [3.63, 3.8) is 0 Å². The fourth-order valence-corrected chi connectivity index (χ4v) is 1.94. The molecule has 0 aliphatic heterocycles. The quantitative estimate of drug-likeness (QED) is 0.421. The molecule has 0 N–H and O–H groups in total. The molecule has 1 atom stereocenters. The van der Waals surface area contributed by atoms with Crippen LogP contribution in [0.3, 0.4) is 0 Å². The van der Waals surface area contributed by atoms with Crippen LogP contribution in [-0.2, 0) is 23.4 Å². The molecule has 0 saturated heterocycles. The number of alkyl halides is 3. The van der Waals surface area contributed by atoms with E-state index >= 15 is 0 Å². The Labute approximate surface area is 79.2 Å². The standard InChI is InChI=1S/C4H8F3O5PS/c1-2-11-13(8)3-12-14(9,10)4(5,6)7/h13H,2-3H2,1H3. The van der Waals surface area contributed by atoms with E-state index < -0.39 is 30.0 Å². The number of rotatable bonds is 5. The Balaban J connectivity index is 4.22. The average Bonchev–Trinajstić information content (AvgIpc) is 1.99. The maximum absolute atomic E-state index is 11.6. The summed E-state index contributed by atoms with van der Waals surface area (Å²) in [4.78, 5) is 0. The summed E-state index contributed by atoms with van der Waals surface area (Å²) in [7, 11) is -8.55. The first-order valence-corrected chi connectivity index (χ1v) is 6.25. The normalized spacial score (nSPS) is 15.4. The molecule has 0 rings (SSSR count). The Morgan fingerprint density at radius 1 is 1.36 bits per heavy atom. The molecule has 0 aromatic heterocycles. The van der Waals surface area contributed by atoms with Crippen LogP contribution in [0.15, 0.2) is 0 Å². The van der Waals surface area contributed by atoms with Gasteiger partial charge in [0.05, 0.1) is 6.61 Å². The van der Waals surface area contributed by atoms with E-state index in [1.54, 1.807) is 0 Å². The molecule has 0 amide bonds. The smallest absolute Gasteiger partial charge is 0.329 e. The van der Waals surface area contributed by atoms with E-state index in [1.165, 1.54) is 6.92 Å². The minimum absolute atomic E-state index is 0.00716. The topological polar surface area (TPSA) is 69.7 Å². The van der Waals surface area contributed by atoms with Crippen molar-refractivity contribution in [3.05, 3.63) is 0 Å². The summed E-state index contributed by atoms with van der Waals surface area (Å²) >= 11 is 0. The highest BCUT2D eigenvalue weighted by atomic mass is 32.2. The Morgan fingerprint density at radius 2 is 1.86 bits per heavy atom. The maximum atomic E-state index is 11.6. The van der Waals surface area contributed by atoms with Crippen molar-refractivity contribution in [1.29, 1.82) is 0 Å². The van der Waals surface area contributed by atoms with Gasteiger partial charge in [0, 0.05) is 0 Å². The Morgan fingerprint density at radius 3 is 2.21 bits per heavy atom. The second-order valence-corrected chi connectivity index (χ2v) is 4.90. The second kappa shape index (κ2) is 5.11. The Kier molecular flexibility index (Phi) is 5.07. The summed E-state index contributed by atoms with van der Waals surface area (Å²) in [5, 5.41) is 0. The van der Waals surface area contributed by atoms with E-state index in [2.05, 4.69) is 8.71 Å². The van der Waals surface area contributed by atoms with Gasteiger partial charge in [-0.15, -0.1) is 0 Å². The van der Waals surface area contributed by atoms with Crippen LogP contribution in [0.5, 0.6) is 0 Å². The van der Waals surface area contributed by atoms with Gasteiger partial charge in [-0.25, -0.2) is 0 Å². The summed E-state index contributed by atoms with van der Waals surface area (Å²) in [5.41, 5.74) is -5.50. The van der Waals surface area contributed by atoms with E-state index in [0.717, 1.165) is 0 Å². The molecule has 0 aliphatic rings. The average molecular weight is 256 g/mol. The summed E-state index contributed by atoms with van der Waals surface area (Å²) in [6, 6.07) is 0. The molecule has 0 fully saturated rings. The van der Waals surface area contributed by atoms with E-state index in [-0.39, 0.29) is 6.61 Å². The fourth-order valence-electron chi connectivity index (χ4n) is 0.395. The molecule has 10 heteroatoms. The van der Waals surface area contributed by atoms with E-state index in [0.29, 0.717) is 0 Å². The van der Waals surface area contributed by atoms with E-state index in [9.17, 15) is 26.2 Å². The molecule has 0 aromatic rings. The predicted octanol–water partition coefficient (Wildman–Crippen LogP) is 1.32. The fraction of sp³-hybridized carbons (Fsp3) is 1.00. The van der Waals surface area contributed by atoms with Gasteiger partial charge in [-0.3, -0.25) is 8.75 Å². The number of halogens is 3. The Hall–Kier alpha value is -0.110. The molecular weight excluding hydrogens is 248 g/mol. The largest absolute Gasteiger partial charge is 0.523 e. The first kappa shape index (κ1) is 13.9. The van der Waals surface area contributed by atoms with Gasteiger partial charge in [-0.05, 0) is 6.92 Å². The molecule has 14 heavy (non-hydrogen) atoms. The van der Waals surface area contributed by atoms with Gasteiger partial charge >= 0.3 is 15.6 Å². The van der Waals surface area contributed by atoms with Gasteiger partial charge in [-0.2, -0.15) is 21.6 Å². The van der Waals surface area contributed by atoms with Crippen molar-refractivity contribution < 1.29 is 34.9 Å². The van der Waals surface area contributed by atoms with Crippen molar-refractivity contribution >= 4 is 18.1 Å². The highest BCUT2D eigenvalue weighted by Crippen LogP contribution is 2.29. The van der Waals surface area contributed by atoms with Crippen LogP contribution in [0, 0.1) is 0 Å². The third-order valence-corrected chi connectivity index (χ3v) is 3.12. The third kappa shape index (κ3) is 4.41. The monoisotopic (exact) mass is 256 g/mol. The highest BCUT2D eigenvalue weighted by Gasteiger charge is 2.47. The molecular formula is C4H8F3O5PS. The molecule has 0 spiro atoms. The van der Waals surface area contributed by atoms with Crippen LogP contribution in [0.25, 0.3) is 0 Å². The van der Waals surface area contributed by atoms with Crippen LogP contribution in [0.4, 0.5) is 13.2 Å². The van der Waals surface area contributed by atoms with Crippen molar-refractivity contribution in [3.8, 4) is 0 Å². The lowest BCUT2D eigenvalue weighted by Gasteiger charge is -2.07. The lowest BCUT2D eigenvalue weighted by Crippen LogP contribution is -2.25. The SMILES string of the molecule is CCO[PH](=O)COS(=O)(=O)C(F)(F)F. The van der Waals surface area contributed by atoms with Gasteiger partial charge in [0.25, 0.3) is 0 Å². The van der Waals surface area contributed by atoms with Crippen molar-refractivity contribution in [2.45, 2.75) is 12.4 Å². The van der Waals surface area contributed by atoms with Gasteiger partial charge in [-0.1, -0.05) is 0 Å². The zero-order valence-corrected chi connectivity index (χ0v) is 8.81. The zero-order chi connectivity index (χ0) is 11.4. The lowest BCUT2D eigenvalue weighted by atomic mass is 10.9. The van der Waals surface area contributed by atoms with Gasteiger partial charge in [0.15, 0.2) is 0 Å². The minimum atomic E-state index is -5.67. The van der Waals surface area contributed by atoms with Crippen LogP contribution in [-0.4, -0.2) is 26.9 Å². The summed E-state index contributed by atoms with van der Waals surface area (Å²) < 4.78 is 73.8.